The summed E-state index contributed by atoms with van der Waals surface area (Å²) in [5, 5.41) is 8.83. The van der Waals surface area contributed by atoms with E-state index in [1.54, 1.807) is 25.1 Å². The molecule has 1 rings (SSSR count). The van der Waals surface area contributed by atoms with Crippen LogP contribution in [-0.2, 0) is 11.3 Å². The van der Waals surface area contributed by atoms with E-state index in [0.717, 1.165) is 5.56 Å². The van der Waals surface area contributed by atoms with Gasteiger partial charge in [-0.05, 0) is 24.7 Å². The highest BCUT2D eigenvalue weighted by molar-refractivity contribution is 5.92. The fourth-order valence-electron chi connectivity index (χ4n) is 1.74. The number of carbonyl (C=O) groups excluding carboxylic acids is 1. The van der Waals surface area contributed by atoms with Gasteiger partial charge in [-0.3, -0.25) is 9.59 Å². The van der Waals surface area contributed by atoms with Crippen LogP contribution in [0.3, 0.4) is 0 Å². The van der Waals surface area contributed by atoms with Crippen molar-refractivity contribution in [3.05, 3.63) is 35.4 Å². The quantitative estimate of drug-likeness (QED) is 0.787. The van der Waals surface area contributed by atoms with Crippen molar-refractivity contribution in [2.45, 2.75) is 13.5 Å². The van der Waals surface area contributed by atoms with Gasteiger partial charge in [0.05, 0.1) is 5.92 Å². The van der Waals surface area contributed by atoms with Gasteiger partial charge in [-0.25, -0.2) is 0 Å². The third-order valence-corrected chi connectivity index (χ3v) is 2.67. The number of benzene rings is 1. The molecule has 0 spiro atoms. The summed E-state index contributed by atoms with van der Waals surface area (Å²) in [6.07, 6.45) is 0. The normalized spacial score (nSPS) is 12.4. The summed E-state index contributed by atoms with van der Waals surface area (Å²) in [5.74, 6) is -1.69. The number of aliphatic carboxylic acids is 1. The number of hydrogen-bond acceptors (Lipinski definition) is 3. The fraction of sp³-hybridized carbons (Fsp3) is 0.385. The van der Waals surface area contributed by atoms with Crippen molar-refractivity contribution in [1.82, 2.24) is 4.90 Å². The van der Waals surface area contributed by atoms with Gasteiger partial charge in [-0.15, -0.1) is 0 Å². The standard InChI is InChI=1S/C13H18N2O3/c1-9(13(17)18)7-15(2)8-10-4-3-5-11(6-10)12(14)16/h3-6,9H,7-8H2,1-2H3,(H2,14,16)(H,17,18). The van der Waals surface area contributed by atoms with E-state index in [1.807, 2.05) is 18.0 Å². The molecule has 3 N–H and O–H groups in total. The molecule has 1 aromatic rings. The molecule has 0 saturated carbocycles. The summed E-state index contributed by atoms with van der Waals surface area (Å²) in [6, 6.07) is 7.04. The van der Waals surface area contributed by atoms with Gasteiger partial charge >= 0.3 is 5.97 Å². The maximum Gasteiger partial charge on any atom is 0.307 e. The molecular weight excluding hydrogens is 232 g/mol. The highest BCUT2D eigenvalue weighted by atomic mass is 16.4. The molecule has 0 aliphatic carbocycles. The largest absolute Gasteiger partial charge is 0.481 e. The van der Waals surface area contributed by atoms with E-state index >= 15 is 0 Å². The summed E-state index contributed by atoms with van der Waals surface area (Å²) in [5.41, 5.74) is 6.61. The molecule has 0 saturated heterocycles. The van der Waals surface area contributed by atoms with Crippen LogP contribution in [0.1, 0.15) is 22.8 Å². The van der Waals surface area contributed by atoms with E-state index in [9.17, 15) is 9.59 Å². The summed E-state index contributed by atoms with van der Waals surface area (Å²) < 4.78 is 0. The van der Waals surface area contributed by atoms with Gasteiger partial charge < -0.3 is 15.7 Å². The summed E-state index contributed by atoms with van der Waals surface area (Å²) in [7, 11) is 1.84. The second kappa shape index (κ2) is 6.16. The Morgan fingerprint density at radius 1 is 1.44 bits per heavy atom. The minimum Gasteiger partial charge on any atom is -0.481 e. The second-order valence-corrected chi connectivity index (χ2v) is 4.50. The van der Waals surface area contributed by atoms with E-state index in [-0.39, 0.29) is 0 Å². The van der Waals surface area contributed by atoms with Crippen LogP contribution in [0.2, 0.25) is 0 Å². The molecule has 0 aliphatic heterocycles. The van der Waals surface area contributed by atoms with Gasteiger partial charge in [-0.1, -0.05) is 19.1 Å². The van der Waals surface area contributed by atoms with Crippen LogP contribution >= 0.6 is 0 Å². The average molecular weight is 250 g/mol. The predicted molar refractivity (Wildman–Crippen MR) is 68.1 cm³/mol. The molecule has 1 aromatic carbocycles. The van der Waals surface area contributed by atoms with Crippen LogP contribution in [0.15, 0.2) is 24.3 Å². The number of primary amides is 1. The predicted octanol–water partition coefficient (Wildman–Crippen LogP) is 0.938. The minimum atomic E-state index is -0.812. The summed E-state index contributed by atoms with van der Waals surface area (Å²) in [4.78, 5) is 23.7. The zero-order valence-corrected chi connectivity index (χ0v) is 10.6. The molecule has 0 aliphatic rings. The molecule has 5 heteroatoms. The first-order valence-electron chi connectivity index (χ1n) is 5.70. The Labute approximate surface area is 106 Å². The van der Waals surface area contributed by atoms with Crippen molar-refractivity contribution in [2.24, 2.45) is 11.7 Å². The summed E-state index contributed by atoms with van der Waals surface area (Å²) >= 11 is 0. The number of amides is 1. The SMILES string of the molecule is CC(CN(C)Cc1cccc(C(N)=O)c1)C(=O)O. The first-order valence-corrected chi connectivity index (χ1v) is 5.70. The third kappa shape index (κ3) is 4.18. The van der Waals surface area contributed by atoms with Crippen molar-refractivity contribution >= 4 is 11.9 Å². The van der Waals surface area contributed by atoms with Gasteiger partial charge in [0.15, 0.2) is 0 Å². The van der Waals surface area contributed by atoms with Crippen molar-refractivity contribution in [3.8, 4) is 0 Å². The molecule has 1 amide bonds. The molecule has 0 aromatic heterocycles. The van der Waals surface area contributed by atoms with Crippen LogP contribution in [0.25, 0.3) is 0 Å². The molecule has 1 atom stereocenters. The van der Waals surface area contributed by atoms with Crippen molar-refractivity contribution in [2.75, 3.05) is 13.6 Å². The van der Waals surface area contributed by atoms with Gasteiger partial charge in [0, 0.05) is 18.7 Å². The van der Waals surface area contributed by atoms with Crippen LogP contribution in [-0.4, -0.2) is 35.5 Å². The zero-order valence-electron chi connectivity index (χ0n) is 10.6. The highest BCUT2D eigenvalue weighted by Crippen LogP contribution is 2.08. The van der Waals surface area contributed by atoms with E-state index < -0.39 is 17.8 Å². The maximum atomic E-state index is 11.0. The topological polar surface area (TPSA) is 83.6 Å². The van der Waals surface area contributed by atoms with Gasteiger partial charge in [0.1, 0.15) is 0 Å². The van der Waals surface area contributed by atoms with Crippen molar-refractivity contribution in [1.29, 1.82) is 0 Å². The minimum absolute atomic E-state index is 0.422. The van der Waals surface area contributed by atoms with Gasteiger partial charge in [-0.2, -0.15) is 0 Å². The zero-order chi connectivity index (χ0) is 13.7. The number of carbonyl (C=O) groups is 2. The van der Waals surface area contributed by atoms with E-state index in [4.69, 9.17) is 10.8 Å². The first kappa shape index (κ1) is 14.2. The number of carboxylic acids is 1. The van der Waals surface area contributed by atoms with Crippen LogP contribution in [0.4, 0.5) is 0 Å². The maximum absolute atomic E-state index is 11.0. The lowest BCUT2D eigenvalue weighted by atomic mass is 10.1. The molecule has 0 heterocycles. The Hall–Kier alpha value is -1.88. The Morgan fingerprint density at radius 3 is 2.67 bits per heavy atom. The number of nitrogens with zero attached hydrogens (tertiary/aromatic N) is 1. The number of rotatable bonds is 6. The Balaban J connectivity index is 2.64. The van der Waals surface area contributed by atoms with Crippen molar-refractivity contribution < 1.29 is 14.7 Å². The average Bonchev–Trinajstić information content (AvgIpc) is 2.28. The van der Waals surface area contributed by atoms with E-state index in [2.05, 4.69) is 0 Å². The number of carboxylic acid groups (broad SMARTS) is 1. The molecule has 5 nitrogen and oxygen atoms in total. The molecule has 0 bridgehead atoms. The van der Waals surface area contributed by atoms with Crippen molar-refractivity contribution in [3.63, 3.8) is 0 Å². The summed E-state index contributed by atoms with van der Waals surface area (Å²) in [6.45, 7) is 2.70. The van der Waals surface area contributed by atoms with Crippen LogP contribution in [0, 0.1) is 5.92 Å². The monoisotopic (exact) mass is 250 g/mol. The Morgan fingerprint density at radius 2 is 2.11 bits per heavy atom. The molecule has 0 radical (unpaired) electrons. The highest BCUT2D eigenvalue weighted by Gasteiger charge is 2.13. The second-order valence-electron chi connectivity index (χ2n) is 4.50. The lowest BCUT2D eigenvalue weighted by Crippen LogP contribution is -2.28. The molecule has 18 heavy (non-hydrogen) atoms. The Kier molecular flexibility index (Phi) is 4.85. The number of hydrogen-bond donors (Lipinski definition) is 2. The lowest BCUT2D eigenvalue weighted by Gasteiger charge is -2.19. The first-order chi connectivity index (χ1) is 8.40. The van der Waals surface area contributed by atoms with Gasteiger partial charge in [0.2, 0.25) is 5.91 Å². The molecule has 98 valence electrons. The Bertz CT molecular complexity index is 446. The molecule has 1 unspecified atom stereocenters. The molecule has 0 fully saturated rings. The van der Waals surface area contributed by atoms with Crippen LogP contribution < -0.4 is 5.73 Å². The van der Waals surface area contributed by atoms with Crippen LogP contribution in [0.5, 0.6) is 0 Å². The molecular formula is C13H18N2O3. The van der Waals surface area contributed by atoms with Gasteiger partial charge in [0.25, 0.3) is 0 Å². The smallest absolute Gasteiger partial charge is 0.307 e. The third-order valence-electron chi connectivity index (χ3n) is 2.67. The lowest BCUT2D eigenvalue weighted by molar-refractivity contribution is -0.141. The van der Waals surface area contributed by atoms with E-state index in [0.29, 0.717) is 18.7 Å². The number of nitrogens with two attached hydrogens (primary N) is 1. The fourth-order valence-corrected chi connectivity index (χ4v) is 1.74. The van der Waals surface area contributed by atoms with E-state index in [1.165, 1.54) is 0 Å².